The van der Waals surface area contributed by atoms with E-state index in [0.717, 1.165) is 40.3 Å². The zero-order valence-corrected chi connectivity index (χ0v) is 17.0. The summed E-state index contributed by atoms with van der Waals surface area (Å²) < 4.78 is 6.90. The van der Waals surface area contributed by atoms with Gasteiger partial charge in [0.25, 0.3) is 0 Å². The van der Waals surface area contributed by atoms with Crippen LogP contribution in [0, 0.1) is 5.92 Å². The van der Waals surface area contributed by atoms with E-state index in [9.17, 15) is 9.90 Å². The van der Waals surface area contributed by atoms with Crippen LogP contribution in [0.4, 0.5) is 5.13 Å². The Kier molecular flexibility index (Phi) is 5.92. The molecule has 0 aromatic carbocycles. The van der Waals surface area contributed by atoms with E-state index in [-0.39, 0.29) is 17.4 Å². The molecule has 8 heteroatoms. The number of hydrogen-bond donors (Lipinski definition) is 2. The maximum atomic E-state index is 11.2. The molecule has 2 aromatic rings. The first kappa shape index (κ1) is 19.2. The Bertz CT molecular complexity index is 751. The standard InChI is InChI=1S/C18H25N3O3S2/c1-18(2,3)13-8-19-14(24-13)10-25-15-9-20-17(26-15)21-12-6-4-5-11(7-12)16(22)23/h8-9,11-12H,4-7,10H2,1-3H3,(H,20,21)(H,22,23)/t11?,12-/m1/s1. The monoisotopic (exact) mass is 395 g/mol. The summed E-state index contributed by atoms with van der Waals surface area (Å²) in [5.74, 6) is 1.36. The molecule has 2 aromatic heterocycles. The Morgan fingerprint density at radius 2 is 2.19 bits per heavy atom. The molecule has 1 saturated carbocycles. The molecule has 142 valence electrons. The van der Waals surface area contributed by atoms with Gasteiger partial charge in [-0.1, -0.05) is 38.5 Å². The maximum absolute atomic E-state index is 11.2. The second-order valence-electron chi connectivity index (χ2n) is 7.68. The minimum Gasteiger partial charge on any atom is -0.481 e. The number of anilines is 1. The van der Waals surface area contributed by atoms with Crippen molar-refractivity contribution < 1.29 is 14.3 Å². The third-order valence-electron chi connectivity index (χ3n) is 4.47. The van der Waals surface area contributed by atoms with Crippen molar-refractivity contribution in [3.63, 3.8) is 0 Å². The summed E-state index contributed by atoms with van der Waals surface area (Å²) in [4.78, 5) is 20.0. The van der Waals surface area contributed by atoms with Gasteiger partial charge in [-0.15, -0.1) is 11.8 Å². The summed E-state index contributed by atoms with van der Waals surface area (Å²) in [5, 5.41) is 13.5. The van der Waals surface area contributed by atoms with Crippen LogP contribution in [0.2, 0.25) is 0 Å². The minimum atomic E-state index is -0.688. The molecule has 26 heavy (non-hydrogen) atoms. The first-order chi connectivity index (χ1) is 12.3. The summed E-state index contributed by atoms with van der Waals surface area (Å²) in [6, 6.07) is 0.190. The van der Waals surface area contributed by atoms with Gasteiger partial charge in [-0.05, 0) is 19.3 Å². The number of oxazole rings is 1. The van der Waals surface area contributed by atoms with Crippen molar-refractivity contribution in [1.29, 1.82) is 0 Å². The highest BCUT2D eigenvalue weighted by atomic mass is 32.2. The molecule has 6 nitrogen and oxygen atoms in total. The van der Waals surface area contributed by atoms with E-state index in [1.54, 1.807) is 29.3 Å². The zero-order chi connectivity index (χ0) is 18.7. The molecule has 0 amide bonds. The Morgan fingerprint density at radius 3 is 2.88 bits per heavy atom. The Labute approximate surface area is 161 Å². The third kappa shape index (κ3) is 5.01. The lowest BCUT2D eigenvalue weighted by Gasteiger charge is -2.27. The van der Waals surface area contributed by atoms with E-state index in [4.69, 9.17) is 4.42 Å². The summed E-state index contributed by atoms with van der Waals surface area (Å²) in [6.45, 7) is 6.31. The Balaban J connectivity index is 1.52. The first-order valence-electron chi connectivity index (χ1n) is 8.84. The molecule has 0 bridgehead atoms. The highest BCUT2D eigenvalue weighted by Gasteiger charge is 2.27. The third-order valence-corrected chi connectivity index (χ3v) is 6.57. The molecule has 1 aliphatic carbocycles. The topological polar surface area (TPSA) is 88.2 Å². The maximum Gasteiger partial charge on any atom is 0.306 e. The fraction of sp³-hybridized carbons (Fsp3) is 0.611. The van der Waals surface area contributed by atoms with Crippen LogP contribution >= 0.6 is 23.1 Å². The molecule has 0 spiro atoms. The van der Waals surface area contributed by atoms with Gasteiger partial charge in [-0.25, -0.2) is 9.97 Å². The van der Waals surface area contributed by atoms with Gasteiger partial charge in [0.15, 0.2) is 5.13 Å². The van der Waals surface area contributed by atoms with Gasteiger partial charge in [0, 0.05) is 11.5 Å². The number of carboxylic acids is 1. The van der Waals surface area contributed by atoms with Crippen LogP contribution in [0.1, 0.15) is 58.1 Å². The number of thioether (sulfide) groups is 1. The van der Waals surface area contributed by atoms with Gasteiger partial charge >= 0.3 is 5.97 Å². The average molecular weight is 396 g/mol. The molecule has 1 unspecified atom stereocenters. The lowest BCUT2D eigenvalue weighted by molar-refractivity contribution is -0.142. The predicted molar refractivity (Wildman–Crippen MR) is 104 cm³/mol. The molecule has 2 atom stereocenters. The molecule has 3 rings (SSSR count). The Morgan fingerprint density at radius 1 is 1.38 bits per heavy atom. The van der Waals surface area contributed by atoms with Crippen LogP contribution in [0.15, 0.2) is 21.0 Å². The van der Waals surface area contributed by atoms with Gasteiger partial charge in [0.2, 0.25) is 5.89 Å². The predicted octanol–water partition coefficient (Wildman–Crippen LogP) is 4.78. The van der Waals surface area contributed by atoms with Crippen molar-refractivity contribution in [2.24, 2.45) is 5.92 Å². The minimum absolute atomic E-state index is 0.0364. The van der Waals surface area contributed by atoms with Crippen molar-refractivity contribution >= 4 is 34.2 Å². The molecule has 0 radical (unpaired) electrons. The van der Waals surface area contributed by atoms with Crippen molar-refractivity contribution in [3.05, 3.63) is 24.0 Å². The van der Waals surface area contributed by atoms with Gasteiger partial charge in [0.1, 0.15) is 5.76 Å². The number of carbonyl (C=O) groups is 1. The summed E-state index contributed by atoms with van der Waals surface area (Å²) >= 11 is 3.24. The number of nitrogens with one attached hydrogen (secondary N) is 1. The van der Waals surface area contributed by atoms with E-state index in [1.807, 2.05) is 6.20 Å². The smallest absolute Gasteiger partial charge is 0.306 e. The van der Waals surface area contributed by atoms with Crippen molar-refractivity contribution in [1.82, 2.24) is 9.97 Å². The highest BCUT2D eigenvalue weighted by molar-refractivity contribution is 8.00. The van der Waals surface area contributed by atoms with Crippen LogP contribution < -0.4 is 5.32 Å². The lowest BCUT2D eigenvalue weighted by Crippen LogP contribution is -2.30. The number of carboxylic acid groups (broad SMARTS) is 1. The van der Waals surface area contributed by atoms with Crippen LogP contribution in [-0.4, -0.2) is 27.1 Å². The number of nitrogens with zero attached hydrogens (tertiary/aromatic N) is 2. The van der Waals surface area contributed by atoms with E-state index >= 15 is 0 Å². The lowest BCUT2D eigenvalue weighted by atomic mass is 9.86. The number of hydrogen-bond acceptors (Lipinski definition) is 7. The molecule has 0 aliphatic heterocycles. The van der Waals surface area contributed by atoms with Crippen molar-refractivity contribution in [2.75, 3.05) is 5.32 Å². The second-order valence-corrected chi connectivity index (χ2v) is 9.99. The Hall–Kier alpha value is -1.54. The largest absolute Gasteiger partial charge is 0.481 e. The fourth-order valence-corrected chi connectivity index (χ4v) is 4.77. The van der Waals surface area contributed by atoms with Gasteiger partial charge in [-0.2, -0.15) is 0 Å². The summed E-state index contributed by atoms with van der Waals surface area (Å²) in [5.41, 5.74) is -0.0364. The second kappa shape index (κ2) is 8.00. The van der Waals surface area contributed by atoms with Crippen molar-refractivity contribution in [2.45, 2.75) is 67.9 Å². The SMILES string of the molecule is CC(C)(C)c1cnc(CSc2cnc(N[C@@H]3CCCC(C(=O)O)C3)s2)o1. The van der Waals surface area contributed by atoms with E-state index in [1.165, 1.54) is 0 Å². The number of aliphatic carboxylic acids is 1. The van der Waals surface area contributed by atoms with Crippen LogP contribution in [0.25, 0.3) is 0 Å². The van der Waals surface area contributed by atoms with E-state index in [0.29, 0.717) is 12.2 Å². The first-order valence-corrected chi connectivity index (χ1v) is 10.6. The van der Waals surface area contributed by atoms with Gasteiger partial charge in [0.05, 0.1) is 28.3 Å². The highest BCUT2D eigenvalue weighted by Crippen LogP contribution is 2.33. The molecule has 2 N–H and O–H groups in total. The number of aromatic nitrogens is 2. The summed E-state index contributed by atoms with van der Waals surface area (Å²) in [6.07, 6.45) is 7.04. The van der Waals surface area contributed by atoms with E-state index < -0.39 is 5.97 Å². The molecule has 1 aliphatic rings. The molecular weight excluding hydrogens is 370 g/mol. The summed E-state index contributed by atoms with van der Waals surface area (Å²) in [7, 11) is 0. The van der Waals surface area contributed by atoms with Crippen molar-refractivity contribution in [3.8, 4) is 0 Å². The van der Waals surface area contributed by atoms with Gasteiger partial charge < -0.3 is 14.8 Å². The molecule has 1 fully saturated rings. The average Bonchev–Trinajstić information content (AvgIpc) is 3.22. The van der Waals surface area contributed by atoms with Crippen LogP contribution in [0.3, 0.4) is 0 Å². The number of rotatable bonds is 6. The fourth-order valence-electron chi connectivity index (χ4n) is 2.97. The van der Waals surface area contributed by atoms with E-state index in [2.05, 4.69) is 36.1 Å². The van der Waals surface area contributed by atoms with Gasteiger partial charge in [-0.3, -0.25) is 4.79 Å². The van der Waals surface area contributed by atoms with Crippen LogP contribution in [0.5, 0.6) is 0 Å². The van der Waals surface area contributed by atoms with Crippen LogP contribution in [-0.2, 0) is 16.0 Å². The normalized spacial score (nSPS) is 20.9. The molecule has 0 saturated heterocycles. The number of thiazole rings is 1. The zero-order valence-electron chi connectivity index (χ0n) is 15.3. The quantitative estimate of drug-likeness (QED) is 0.681. The molecule has 2 heterocycles. The molecular formula is C18H25N3O3S2.